The van der Waals surface area contributed by atoms with Gasteiger partial charge in [-0.2, -0.15) is 9.61 Å². The number of halogens is 1. The van der Waals surface area contributed by atoms with Gasteiger partial charge in [0.25, 0.3) is 5.91 Å². The lowest BCUT2D eigenvalue weighted by Crippen LogP contribution is -2.40. The molecule has 0 bridgehead atoms. The Morgan fingerprint density at radius 2 is 1.86 bits per heavy atom. The molecule has 194 valence electrons. The summed E-state index contributed by atoms with van der Waals surface area (Å²) in [6, 6.07) is 18.5. The van der Waals surface area contributed by atoms with Crippen LogP contribution >= 0.6 is 15.9 Å². The Hall–Kier alpha value is -3.43. The molecule has 2 heterocycles. The minimum atomic E-state index is -0.357. The molecule has 1 amide bonds. The molecule has 2 aromatic heterocycles. The van der Waals surface area contributed by atoms with Crippen LogP contribution in [-0.2, 0) is 6.54 Å². The highest BCUT2D eigenvalue weighted by Crippen LogP contribution is 2.30. The zero-order valence-corrected chi connectivity index (χ0v) is 22.9. The van der Waals surface area contributed by atoms with Crippen molar-refractivity contribution in [1.29, 1.82) is 0 Å². The normalized spacial score (nSPS) is 12.0. The molecule has 0 radical (unpaired) electrons. The molecular formula is C28H32BrN5O3. The fourth-order valence-corrected chi connectivity index (χ4v) is 4.95. The fraction of sp³-hybridized carbons (Fsp3) is 0.321. The summed E-state index contributed by atoms with van der Waals surface area (Å²) in [5.41, 5.74) is 9.30. The number of fused-ring (bicyclic) bond motifs is 1. The average molecular weight is 567 g/mol. The average Bonchev–Trinajstić information content (AvgIpc) is 3.22. The number of amides is 1. The first-order valence-corrected chi connectivity index (χ1v) is 13.2. The maximum Gasteiger partial charge on any atom is 0.349 e. The Morgan fingerprint density at radius 1 is 1.16 bits per heavy atom. The Bertz CT molecular complexity index is 1430. The number of nitrogens with two attached hydrogens (primary N) is 1. The van der Waals surface area contributed by atoms with E-state index >= 15 is 0 Å². The zero-order valence-electron chi connectivity index (χ0n) is 21.4. The zero-order chi connectivity index (χ0) is 26.5. The second kappa shape index (κ2) is 11.7. The summed E-state index contributed by atoms with van der Waals surface area (Å²) in [6.45, 7) is 5.16. The summed E-state index contributed by atoms with van der Waals surface area (Å²) in [5.74, 6) is 0.561. The Morgan fingerprint density at radius 3 is 2.49 bits per heavy atom. The molecular weight excluding hydrogens is 534 g/mol. The van der Waals surface area contributed by atoms with Gasteiger partial charge in [-0.05, 0) is 78.1 Å². The number of carbonyl (C=O) groups is 1. The van der Waals surface area contributed by atoms with Gasteiger partial charge in [0.2, 0.25) is 0 Å². The van der Waals surface area contributed by atoms with Crippen LogP contribution in [-0.4, -0.2) is 45.2 Å². The van der Waals surface area contributed by atoms with Gasteiger partial charge < -0.3 is 15.4 Å². The highest BCUT2D eigenvalue weighted by molar-refractivity contribution is 9.10. The minimum Gasteiger partial charge on any atom is -0.497 e. The van der Waals surface area contributed by atoms with E-state index in [0.717, 1.165) is 21.4 Å². The molecule has 4 aromatic rings. The van der Waals surface area contributed by atoms with E-state index in [4.69, 9.17) is 10.5 Å². The number of hydrogen-bond acceptors (Lipinski definition) is 5. The fourth-order valence-electron chi connectivity index (χ4n) is 4.59. The molecule has 0 saturated carbocycles. The van der Waals surface area contributed by atoms with Crippen molar-refractivity contribution >= 4 is 27.4 Å². The van der Waals surface area contributed by atoms with E-state index in [9.17, 15) is 9.59 Å². The van der Waals surface area contributed by atoms with Crippen LogP contribution in [0.25, 0.3) is 5.52 Å². The van der Waals surface area contributed by atoms with E-state index in [1.165, 1.54) is 4.52 Å². The number of aromatic nitrogens is 3. The van der Waals surface area contributed by atoms with Crippen LogP contribution in [0.4, 0.5) is 0 Å². The van der Waals surface area contributed by atoms with Crippen LogP contribution in [0.3, 0.4) is 0 Å². The first-order valence-electron chi connectivity index (χ1n) is 12.4. The lowest BCUT2D eigenvalue weighted by atomic mass is 10.0. The van der Waals surface area contributed by atoms with Gasteiger partial charge in [0.15, 0.2) is 0 Å². The molecule has 37 heavy (non-hydrogen) atoms. The lowest BCUT2D eigenvalue weighted by molar-refractivity contribution is 0.0660. The van der Waals surface area contributed by atoms with Crippen LogP contribution in [0.5, 0.6) is 5.75 Å². The highest BCUT2D eigenvalue weighted by atomic mass is 79.9. The number of aryl methyl sites for hydroxylation is 1. The van der Waals surface area contributed by atoms with E-state index in [1.54, 1.807) is 35.9 Å². The van der Waals surface area contributed by atoms with Crippen molar-refractivity contribution in [2.75, 3.05) is 20.2 Å². The molecule has 0 fully saturated rings. The number of carbonyl (C=O) groups excluding carboxylic acids is 1. The maximum absolute atomic E-state index is 13.8. The molecule has 1 atom stereocenters. The lowest BCUT2D eigenvalue weighted by Gasteiger charge is -2.33. The van der Waals surface area contributed by atoms with E-state index in [0.29, 0.717) is 49.3 Å². The van der Waals surface area contributed by atoms with Crippen LogP contribution in [0.1, 0.15) is 53.1 Å². The summed E-state index contributed by atoms with van der Waals surface area (Å²) >= 11 is 3.60. The van der Waals surface area contributed by atoms with Gasteiger partial charge in [0.05, 0.1) is 35.4 Å². The summed E-state index contributed by atoms with van der Waals surface area (Å²) in [7, 11) is 1.59. The third-order valence-electron chi connectivity index (χ3n) is 6.52. The number of rotatable bonds is 10. The molecule has 0 aliphatic heterocycles. The molecule has 8 nitrogen and oxygen atoms in total. The van der Waals surface area contributed by atoms with E-state index in [1.807, 2.05) is 55.1 Å². The van der Waals surface area contributed by atoms with Crippen molar-refractivity contribution in [2.45, 2.75) is 39.3 Å². The Labute approximate surface area is 224 Å². The monoisotopic (exact) mass is 565 g/mol. The van der Waals surface area contributed by atoms with Gasteiger partial charge in [-0.3, -0.25) is 9.36 Å². The minimum absolute atomic E-state index is 0.120. The number of hydrogen-bond donors (Lipinski definition) is 1. The first kappa shape index (κ1) is 26.6. The molecule has 4 rings (SSSR count). The summed E-state index contributed by atoms with van der Waals surface area (Å²) in [5, 5.41) is 4.46. The van der Waals surface area contributed by atoms with Gasteiger partial charge in [-0.25, -0.2) is 4.79 Å². The van der Waals surface area contributed by atoms with Gasteiger partial charge in [-0.15, -0.1) is 0 Å². The van der Waals surface area contributed by atoms with Gasteiger partial charge >= 0.3 is 5.69 Å². The number of ether oxygens (including phenoxy) is 1. The van der Waals surface area contributed by atoms with E-state index in [2.05, 4.69) is 21.0 Å². The van der Waals surface area contributed by atoms with Gasteiger partial charge in [0.1, 0.15) is 5.75 Å². The van der Waals surface area contributed by atoms with Crippen LogP contribution in [0, 0.1) is 6.92 Å². The van der Waals surface area contributed by atoms with E-state index < -0.39 is 0 Å². The second-order valence-electron chi connectivity index (χ2n) is 8.91. The molecule has 0 aliphatic carbocycles. The smallest absolute Gasteiger partial charge is 0.349 e. The van der Waals surface area contributed by atoms with Crippen molar-refractivity contribution in [3.63, 3.8) is 0 Å². The van der Waals surface area contributed by atoms with E-state index in [-0.39, 0.29) is 17.6 Å². The van der Waals surface area contributed by atoms with Crippen molar-refractivity contribution in [1.82, 2.24) is 19.1 Å². The molecule has 0 spiro atoms. The standard InChI is InChI=1S/C28H32BrN5O3/c1-4-23(32(16-8-15-30)27(35)21-11-13-22(37-3)14-12-21)24-17-25-26(29)19(2)31-34(25)28(36)33(24)18-20-9-6-5-7-10-20/h5-7,9-14,17,23H,4,8,15-16,18,30H2,1-3H3. The number of nitrogens with zero attached hydrogens (tertiary/aromatic N) is 4. The predicted molar refractivity (Wildman–Crippen MR) is 148 cm³/mol. The Kier molecular flexibility index (Phi) is 8.45. The van der Waals surface area contributed by atoms with Crippen LogP contribution < -0.4 is 16.2 Å². The third kappa shape index (κ3) is 5.47. The SMILES string of the molecule is CCC(c1cc2c(Br)c(C)nn2c(=O)n1Cc1ccccc1)N(CCCN)C(=O)c1ccc(OC)cc1. The summed E-state index contributed by atoms with van der Waals surface area (Å²) in [6.07, 6.45) is 1.25. The quantitative estimate of drug-likeness (QED) is 0.304. The largest absolute Gasteiger partial charge is 0.497 e. The maximum atomic E-state index is 13.8. The molecule has 2 N–H and O–H groups in total. The van der Waals surface area contributed by atoms with Gasteiger partial charge in [-0.1, -0.05) is 37.3 Å². The first-order chi connectivity index (χ1) is 17.9. The molecule has 2 aromatic carbocycles. The summed E-state index contributed by atoms with van der Waals surface area (Å²) < 4.78 is 9.18. The van der Waals surface area contributed by atoms with Crippen molar-refractivity contribution in [3.8, 4) is 5.75 Å². The van der Waals surface area contributed by atoms with Crippen molar-refractivity contribution in [2.24, 2.45) is 5.73 Å². The highest BCUT2D eigenvalue weighted by Gasteiger charge is 2.29. The third-order valence-corrected chi connectivity index (χ3v) is 7.50. The van der Waals surface area contributed by atoms with Gasteiger partial charge in [0, 0.05) is 17.8 Å². The topological polar surface area (TPSA) is 94.9 Å². The molecule has 9 heteroatoms. The second-order valence-corrected chi connectivity index (χ2v) is 9.71. The molecule has 1 unspecified atom stereocenters. The van der Waals surface area contributed by atoms with Crippen LogP contribution in [0.2, 0.25) is 0 Å². The van der Waals surface area contributed by atoms with Crippen LogP contribution in [0.15, 0.2) is 69.9 Å². The molecule has 0 saturated heterocycles. The Balaban J connectivity index is 1.88. The van der Waals surface area contributed by atoms with Crippen molar-refractivity contribution < 1.29 is 9.53 Å². The number of benzene rings is 2. The number of methoxy groups -OCH3 is 1. The summed E-state index contributed by atoms with van der Waals surface area (Å²) in [4.78, 5) is 29.5. The predicted octanol–water partition coefficient (Wildman–Crippen LogP) is 4.57. The van der Waals surface area contributed by atoms with Crippen molar-refractivity contribution in [3.05, 3.63) is 98.1 Å². The molecule has 0 aliphatic rings.